The van der Waals surface area contributed by atoms with E-state index in [1.165, 1.54) is 24.2 Å². The third-order valence-electron chi connectivity index (χ3n) is 3.17. The molecule has 88 valence electrons. The van der Waals surface area contributed by atoms with E-state index in [0.29, 0.717) is 6.54 Å². The second kappa shape index (κ2) is 4.65. The van der Waals surface area contributed by atoms with E-state index >= 15 is 0 Å². The number of nitrogens with one attached hydrogen (secondary N) is 1. The second-order valence-electron chi connectivity index (χ2n) is 4.41. The van der Waals surface area contributed by atoms with Crippen LogP contribution in [0.3, 0.4) is 0 Å². The highest BCUT2D eigenvalue weighted by molar-refractivity contribution is 5.77. The zero-order valence-corrected chi connectivity index (χ0v) is 9.57. The van der Waals surface area contributed by atoms with Crippen LogP contribution >= 0.6 is 0 Å². The predicted molar refractivity (Wildman–Crippen MR) is 60.4 cm³/mol. The zero-order chi connectivity index (χ0) is 11.5. The molecule has 5 nitrogen and oxygen atoms in total. The molecule has 0 saturated carbocycles. The molecule has 1 heterocycles. The van der Waals surface area contributed by atoms with Crippen molar-refractivity contribution in [2.45, 2.75) is 39.2 Å². The summed E-state index contributed by atoms with van der Waals surface area (Å²) in [5.41, 5.74) is 4.68. The van der Waals surface area contributed by atoms with Gasteiger partial charge in [0.1, 0.15) is 0 Å². The third kappa shape index (κ3) is 2.09. The van der Waals surface area contributed by atoms with Crippen LogP contribution in [0.25, 0.3) is 0 Å². The van der Waals surface area contributed by atoms with Gasteiger partial charge in [-0.2, -0.15) is 0 Å². The molecule has 1 atom stereocenters. The Morgan fingerprint density at radius 1 is 1.62 bits per heavy atom. The molecule has 0 saturated heterocycles. The van der Waals surface area contributed by atoms with Gasteiger partial charge in [-0.15, -0.1) is 0 Å². The number of fused-ring (bicyclic) bond motifs is 1. The number of rotatable bonds is 3. The SMILES string of the molecule is CC(Cn1cnc2c1CCCC2)C(=O)NN. The van der Waals surface area contributed by atoms with Crippen molar-refractivity contribution in [2.75, 3.05) is 0 Å². The van der Waals surface area contributed by atoms with E-state index in [1.807, 2.05) is 13.3 Å². The maximum absolute atomic E-state index is 11.3. The fraction of sp³-hybridized carbons (Fsp3) is 0.636. The standard InChI is InChI=1S/C11H18N4O/c1-8(11(16)14-12)6-15-7-13-9-4-2-3-5-10(9)15/h7-8H,2-6,12H2,1H3,(H,14,16). The van der Waals surface area contributed by atoms with Crippen LogP contribution in [0.15, 0.2) is 6.33 Å². The number of aromatic nitrogens is 2. The number of amides is 1. The van der Waals surface area contributed by atoms with Gasteiger partial charge < -0.3 is 4.57 Å². The Balaban J connectivity index is 2.10. The van der Waals surface area contributed by atoms with Crippen LogP contribution in [0.5, 0.6) is 0 Å². The van der Waals surface area contributed by atoms with Crippen LogP contribution in [-0.2, 0) is 24.2 Å². The highest BCUT2D eigenvalue weighted by atomic mass is 16.2. The lowest BCUT2D eigenvalue weighted by molar-refractivity contribution is -0.124. The molecule has 1 aromatic heterocycles. The van der Waals surface area contributed by atoms with Crippen molar-refractivity contribution in [3.8, 4) is 0 Å². The van der Waals surface area contributed by atoms with Gasteiger partial charge in [0, 0.05) is 12.2 Å². The molecule has 0 bridgehead atoms. The van der Waals surface area contributed by atoms with Crippen molar-refractivity contribution in [1.82, 2.24) is 15.0 Å². The fourth-order valence-corrected chi connectivity index (χ4v) is 2.21. The Labute approximate surface area is 95.0 Å². The first kappa shape index (κ1) is 11.1. The first-order valence-electron chi connectivity index (χ1n) is 5.75. The minimum absolute atomic E-state index is 0.120. The van der Waals surface area contributed by atoms with Crippen molar-refractivity contribution >= 4 is 5.91 Å². The van der Waals surface area contributed by atoms with Crippen molar-refractivity contribution in [3.63, 3.8) is 0 Å². The van der Waals surface area contributed by atoms with E-state index in [0.717, 1.165) is 12.8 Å². The summed E-state index contributed by atoms with van der Waals surface area (Å²) in [6.07, 6.45) is 6.43. The van der Waals surface area contributed by atoms with E-state index < -0.39 is 0 Å². The Bertz CT molecular complexity index is 385. The summed E-state index contributed by atoms with van der Waals surface area (Å²) in [6, 6.07) is 0. The van der Waals surface area contributed by atoms with Crippen LogP contribution in [0, 0.1) is 5.92 Å². The molecule has 0 radical (unpaired) electrons. The van der Waals surface area contributed by atoms with Gasteiger partial charge in [0.05, 0.1) is 17.9 Å². The molecular formula is C11H18N4O. The minimum atomic E-state index is -0.127. The molecule has 2 rings (SSSR count). The van der Waals surface area contributed by atoms with Crippen molar-refractivity contribution < 1.29 is 4.79 Å². The Morgan fingerprint density at radius 2 is 2.38 bits per heavy atom. The number of imidazole rings is 1. The minimum Gasteiger partial charge on any atom is -0.334 e. The summed E-state index contributed by atoms with van der Waals surface area (Å²) >= 11 is 0. The normalized spacial score (nSPS) is 16.6. The molecule has 0 spiro atoms. The molecule has 0 fully saturated rings. The second-order valence-corrected chi connectivity index (χ2v) is 4.41. The number of hydrazine groups is 1. The van der Waals surface area contributed by atoms with E-state index in [9.17, 15) is 4.79 Å². The molecule has 1 aromatic rings. The first-order chi connectivity index (χ1) is 7.72. The zero-order valence-electron chi connectivity index (χ0n) is 9.57. The van der Waals surface area contributed by atoms with Crippen LogP contribution in [0.1, 0.15) is 31.2 Å². The van der Waals surface area contributed by atoms with Gasteiger partial charge in [0.2, 0.25) is 5.91 Å². The average Bonchev–Trinajstić information content (AvgIpc) is 2.72. The summed E-state index contributed by atoms with van der Waals surface area (Å²) in [7, 11) is 0. The third-order valence-corrected chi connectivity index (χ3v) is 3.17. The number of hydrogen-bond acceptors (Lipinski definition) is 3. The molecule has 1 aliphatic rings. The molecule has 0 aliphatic heterocycles. The van der Waals surface area contributed by atoms with Crippen molar-refractivity contribution in [2.24, 2.45) is 11.8 Å². The molecule has 0 aromatic carbocycles. The number of carbonyl (C=O) groups excluding carboxylic acids is 1. The lowest BCUT2D eigenvalue weighted by atomic mass is 10.0. The average molecular weight is 222 g/mol. The topological polar surface area (TPSA) is 72.9 Å². The smallest absolute Gasteiger partial charge is 0.238 e. The van der Waals surface area contributed by atoms with Crippen molar-refractivity contribution in [3.05, 3.63) is 17.7 Å². The molecule has 1 aliphatic carbocycles. The van der Waals surface area contributed by atoms with E-state index in [4.69, 9.17) is 5.84 Å². The predicted octanol–water partition coefficient (Wildman–Crippen LogP) is 0.388. The van der Waals surface area contributed by atoms with Gasteiger partial charge in [-0.05, 0) is 25.7 Å². The Morgan fingerprint density at radius 3 is 3.12 bits per heavy atom. The largest absolute Gasteiger partial charge is 0.334 e. The molecule has 3 N–H and O–H groups in total. The van der Waals surface area contributed by atoms with Gasteiger partial charge in [-0.1, -0.05) is 6.92 Å². The number of hydrogen-bond donors (Lipinski definition) is 2. The lowest BCUT2D eigenvalue weighted by Crippen LogP contribution is -2.36. The highest BCUT2D eigenvalue weighted by Crippen LogP contribution is 2.20. The van der Waals surface area contributed by atoms with Crippen LogP contribution in [0.2, 0.25) is 0 Å². The molecule has 1 unspecified atom stereocenters. The quantitative estimate of drug-likeness (QED) is 0.441. The summed E-state index contributed by atoms with van der Waals surface area (Å²) in [5.74, 6) is 4.87. The van der Waals surface area contributed by atoms with Gasteiger partial charge >= 0.3 is 0 Å². The summed E-state index contributed by atoms with van der Waals surface area (Å²) in [5, 5.41) is 0. The number of carbonyl (C=O) groups is 1. The fourth-order valence-electron chi connectivity index (χ4n) is 2.21. The highest BCUT2D eigenvalue weighted by Gasteiger charge is 2.18. The summed E-state index contributed by atoms with van der Waals surface area (Å²) < 4.78 is 2.09. The van der Waals surface area contributed by atoms with E-state index in [-0.39, 0.29) is 11.8 Å². The van der Waals surface area contributed by atoms with Gasteiger partial charge in [-0.3, -0.25) is 10.2 Å². The lowest BCUT2D eigenvalue weighted by Gasteiger charge is -2.16. The summed E-state index contributed by atoms with van der Waals surface area (Å²) in [4.78, 5) is 15.7. The molecule has 1 amide bonds. The number of aryl methyl sites for hydroxylation is 1. The van der Waals surface area contributed by atoms with Gasteiger partial charge in [0.15, 0.2) is 0 Å². The number of nitrogens with zero attached hydrogens (tertiary/aromatic N) is 2. The number of nitrogens with two attached hydrogens (primary N) is 1. The maximum Gasteiger partial charge on any atom is 0.238 e. The van der Waals surface area contributed by atoms with Gasteiger partial charge in [-0.25, -0.2) is 10.8 Å². The monoisotopic (exact) mass is 222 g/mol. The maximum atomic E-state index is 11.3. The first-order valence-corrected chi connectivity index (χ1v) is 5.75. The molecular weight excluding hydrogens is 204 g/mol. The molecule has 5 heteroatoms. The van der Waals surface area contributed by atoms with Crippen LogP contribution < -0.4 is 11.3 Å². The van der Waals surface area contributed by atoms with Crippen LogP contribution in [0.4, 0.5) is 0 Å². The van der Waals surface area contributed by atoms with E-state index in [1.54, 1.807) is 0 Å². The summed E-state index contributed by atoms with van der Waals surface area (Å²) in [6.45, 7) is 2.53. The van der Waals surface area contributed by atoms with Crippen LogP contribution in [-0.4, -0.2) is 15.5 Å². The van der Waals surface area contributed by atoms with Gasteiger partial charge in [0.25, 0.3) is 0 Å². The Kier molecular flexibility index (Phi) is 3.24. The Hall–Kier alpha value is -1.36. The molecule has 16 heavy (non-hydrogen) atoms. The van der Waals surface area contributed by atoms with E-state index in [2.05, 4.69) is 15.0 Å². The van der Waals surface area contributed by atoms with Crippen molar-refractivity contribution in [1.29, 1.82) is 0 Å².